The van der Waals surface area contributed by atoms with Gasteiger partial charge < -0.3 is 10.6 Å². The van der Waals surface area contributed by atoms with E-state index in [1.165, 1.54) is 25.7 Å². The Hall–Kier alpha value is -0.570. The molecule has 2 rings (SSSR count). The van der Waals surface area contributed by atoms with E-state index in [0.717, 1.165) is 19.5 Å². The Balaban J connectivity index is 1.71. The number of carbonyl (C=O) groups excluding carboxylic acids is 1. The molecule has 2 unspecified atom stereocenters. The van der Waals surface area contributed by atoms with Gasteiger partial charge >= 0.3 is 0 Å². The number of hydrogen-bond acceptors (Lipinski definition) is 2. The average Bonchev–Trinajstić information content (AvgIpc) is 2.79. The Morgan fingerprint density at radius 3 is 2.67 bits per heavy atom. The van der Waals surface area contributed by atoms with Crippen LogP contribution in [0.3, 0.4) is 0 Å². The fourth-order valence-electron chi connectivity index (χ4n) is 2.75. The lowest BCUT2D eigenvalue weighted by Gasteiger charge is -2.17. The van der Waals surface area contributed by atoms with Crippen molar-refractivity contribution in [2.45, 2.75) is 45.1 Å². The lowest BCUT2D eigenvalue weighted by Crippen LogP contribution is -2.40. The fourth-order valence-corrected chi connectivity index (χ4v) is 2.75. The number of nitrogens with one attached hydrogen (secondary N) is 2. The quantitative estimate of drug-likeness (QED) is 0.737. The van der Waals surface area contributed by atoms with E-state index in [1.54, 1.807) is 0 Å². The Morgan fingerprint density at radius 2 is 2.07 bits per heavy atom. The smallest absolute Gasteiger partial charge is 0.220 e. The molecule has 1 saturated carbocycles. The van der Waals surface area contributed by atoms with Crippen molar-refractivity contribution in [2.24, 2.45) is 11.8 Å². The predicted molar refractivity (Wildman–Crippen MR) is 60.5 cm³/mol. The summed E-state index contributed by atoms with van der Waals surface area (Å²) in [5, 5.41) is 6.46. The van der Waals surface area contributed by atoms with Gasteiger partial charge in [0.05, 0.1) is 0 Å². The van der Waals surface area contributed by atoms with Gasteiger partial charge in [-0.15, -0.1) is 0 Å². The normalized spacial score (nSPS) is 32.1. The molecule has 0 aromatic heterocycles. The summed E-state index contributed by atoms with van der Waals surface area (Å²) in [6, 6.07) is 0.360. The molecule has 2 atom stereocenters. The van der Waals surface area contributed by atoms with E-state index in [2.05, 4.69) is 17.6 Å². The Morgan fingerprint density at radius 1 is 1.33 bits per heavy atom. The van der Waals surface area contributed by atoms with Gasteiger partial charge in [-0.2, -0.15) is 0 Å². The first-order chi connectivity index (χ1) is 7.25. The Labute approximate surface area is 92.0 Å². The highest BCUT2D eigenvalue weighted by Crippen LogP contribution is 2.27. The highest BCUT2D eigenvalue weighted by Gasteiger charge is 2.26. The molecule has 2 fully saturated rings. The molecule has 15 heavy (non-hydrogen) atoms. The van der Waals surface area contributed by atoms with Crippen LogP contribution in [0, 0.1) is 11.8 Å². The van der Waals surface area contributed by atoms with Crippen LogP contribution < -0.4 is 10.6 Å². The lowest BCUT2D eigenvalue weighted by atomic mass is 10.0. The molecule has 86 valence electrons. The number of amides is 1. The lowest BCUT2D eigenvalue weighted by molar-refractivity contribution is -0.122. The van der Waals surface area contributed by atoms with Crippen molar-refractivity contribution in [3.8, 4) is 0 Å². The van der Waals surface area contributed by atoms with Crippen molar-refractivity contribution in [3.63, 3.8) is 0 Å². The molecule has 1 amide bonds. The topological polar surface area (TPSA) is 41.1 Å². The van der Waals surface area contributed by atoms with Crippen LogP contribution in [0.25, 0.3) is 0 Å². The SMILES string of the molecule is CC1CNCC1NC(=O)CC1CCCC1. The molecule has 1 heterocycles. The van der Waals surface area contributed by atoms with E-state index in [9.17, 15) is 4.79 Å². The van der Waals surface area contributed by atoms with Crippen molar-refractivity contribution in [1.29, 1.82) is 0 Å². The summed E-state index contributed by atoms with van der Waals surface area (Å²) < 4.78 is 0. The van der Waals surface area contributed by atoms with Crippen LogP contribution in [0.4, 0.5) is 0 Å². The van der Waals surface area contributed by atoms with Gasteiger partial charge in [0.1, 0.15) is 0 Å². The molecule has 0 radical (unpaired) electrons. The van der Waals surface area contributed by atoms with Gasteiger partial charge in [0, 0.05) is 19.0 Å². The van der Waals surface area contributed by atoms with Gasteiger partial charge in [-0.1, -0.05) is 19.8 Å². The molecule has 3 heteroatoms. The van der Waals surface area contributed by atoms with Crippen LogP contribution in [0.5, 0.6) is 0 Å². The summed E-state index contributed by atoms with van der Waals surface area (Å²) in [5.41, 5.74) is 0. The molecular weight excluding hydrogens is 188 g/mol. The molecular formula is C12H22N2O. The summed E-state index contributed by atoms with van der Waals surface area (Å²) in [6.07, 6.45) is 5.90. The van der Waals surface area contributed by atoms with Crippen molar-refractivity contribution >= 4 is 5.91 Å². The molecule has 1 saturated heterocycles. The minimum Gasteiger partial charge on any atom is -0.352 e. The second-order valence-corrected chi connectivity index (χ2v) is 5.16. The highest BCUT2D eigenvalue weighted by molar-refractivity contribution is 5.76. The van der Waals surface area contributed by atoms with Crippen LogP contribution >= 0.6 is 0 Å². The van der Waals surface area contributed by atoms with Crippen LogP contribution in [0.15, 0.2) is 0 Å². The van der Waals surface area contributed by atoms with E-state index < -0.39 is 0 Å². The van der Waals surface area contributed by atoms with E-state index in [4.69, 9.17) is 0 Å². The van der Waals surface area contributed by atoms with Gasteiger partial charge in [0.25, 0.3) is 0 Å². The molecule has 0 aromatic carbocycles. The van der Waals surface area contributed by atoms with Gasteiger partial charge in [0.15, 0.2) is 0 Å². The third kappa shape index (κ3) is 2.94. The third-order valence-electron chi connectivity index (χ3n) is 3.81. The van der Waals surface area contributed by atoms with E-state index in [1.807, 2.05) is 0 Å². The summed E-state index contributed by atoms with van der Waals surface area (Å²) >= 11 is 0. The molecule has 1 aliphatic heterocycles. The maximum absolute atomic E-state index is 11.8. The summed E-state index contributed by atoms with van der Waals surface area (Å²) in [6.45, 7) is 4.17. The zero-order valence-electron chi connectivity index (χ0n) is 9.59. The van der Waals surface area contributed by atoms with Crippen LogP contribution in [-0.4, -0.2) is 25.0 Å². The Kier molecular flexibility index (Phi) is 3.62. The van der Waals surface area contributed by atoms with E-state index in [-0.39, 0.29) is 5.91 Å². The minimum absolute atomic E-state index is 0.266. The first-order valence-electron chi connectivity index (χ1n) is 6.26. The summed E-state index contributed by atoms with van der Waals surface area (Å²) in [4.78, 5) is 11.8. The van der Waals surface area contributed by atoms with Crippen molar-refractivity contribution in [1.82, 2.24) is 10.6 Å². The van der Waals surface area contributed by atoms with E-state index in [0.29, 0.717) is 17.9 Å². The molecule has 3 nitrogen and oxygen atoms in total. The van der Waals surface area contributed by atoms with Crippen molar-refractivity contribution in [2.75, 3.05) is 13.1 Å². The number of rotatable bonds is 3. The minimum atomic E-state index is 0.266. The average molecular weight is 210 g/mol. The van der Waals surface area contributed by atoms with Gasteiger partial charge in [-0.05, 0) is 31.2 Å². The van der Waals surface area contributed by atoms with E-state index >= 15 is 0 Å². The third-order valence-corrected chi connectivity index (χ3v) is 3.81. The van der Waals surface area contributed by atoms with Crippen molar-refractivity contribution < 1.29 is 4.79 Å². The monoisotopic (exact) mass is 210 g/mol. The van der Waals surface area contributed by atoms with Gasteiger partial charge in [-0.3, -0.25) is 4.79 Å². The molecule has 2 aliphatic rings. The molecule has 2 N–H and O–H groups in total. The molecule has 0 bridgehead atoms. The second kappa shape index (κ2) is 4.97. The van der Waals surface area contributed by atoms with Crippen molar-refractivity contribution in [3.05, 3.63) is 0 Å². The summed E-state index contributed by atoms with van der Waals surface area (Å²) in [5.74, 6) is 1.51. The van der Waals surface area contributed by atoms with Gasteiger partial charge in [0.2, 0.25) is 5.91 Å². The van der Waals surface area contributed by atoms with Crippen LogP contribution in [0.1, 0.15) is 39.0 Å². The molecule has 1 aliphatic carbocycles. The maximum Gasteiger partial charge on any atom is 0.220 e. The van der Waals surface area contributed by atoms with Crippen LogP contribution in [0.2, 0.25) is 0 Å². The zero-order valence-corrected chi connectivity index (χ0v) is 9.59. The second-order valence-electron chi connectivity index (χ2n) is 5.16. The largest absolute Gasteiger partial charge is 0.352 e. The molecule has 0 aromatic rings. The van der Waals surface area contributed by atoms with Crippen LogP contribution in [-0.2, 0) is 4.79 Å². The first kappa shape index (κ1) is 10.9. The predicted octanol–water partition coefficient (Wildman–Crippen LogP) is 1.29. The molecule has 0 spiro atoms. The highest BCUT2D eigenvalue weighted by atomic mass is 16.1. The maximum atomic E-state index is 11.8. The first-order valence-corrected chi connectivity index (χ1v) is 6.26. The number of hydrogen-bond donors (Lipinski definition) is 2. The standard InChI is InChI=1S/C12H22N2O/c1-9-7-13-8-11(9)14-12(15)6-10-4-2-3-5-10/h9-11,13H,2-8H2,1H3,(H,14,15). The fraction of sp³-hybridized carbons (Fsp3) is 0.917. The zero-order chi connectivity index (χ0) is 10.7. The van der Waals surface area contributed by atoms with Gasteiger partial charge in [-0.25, -0.2) is 0 Å². The number of carbonyl (C=O) groups is 1. The summed E-state index contributed by atoms with van der Waals surface area (Å²) in [7, 11) is 0. The Bertz CT molecular complexity index is 224.